The van der Waals surface area contributed by atoms with E-state index in [9.17, 15) is 22.8 Å². The predicted molar refractivity (Wildman–Crippen MR) is 157 cm³/mol. The first kappa shape index (κ1) is 29.1. The molecule has 0 saturated heterocycles. The zero-order valence-electron chi connectivity index (χ0n) is 22.5. The number of nitrogens with zero attached hydrogens (tertiary/aromatic N) is 1. The van der Waals surface area contributed by atoms with Crippen LogP contribution in [-0.2, 0) is 6.54 Å². The number of amides is 1. The van der Waals surface area contributed by atoms with E-state index in [1.807, 2.05) is 54.3 Å². The Balaban J connectivity index is 1.51. The van der Waals surface area contributed by atoms with E-state index < -0.39 is 17.5 Å². The van der Waals surface area contributed by atoms with Crippen molar-refractivity contribution in [2.24, 2.45) is 0 Å². The minimum atomic E-state index is -4.93. The van der Waals surface area contributed by atoms with Gasteiger partial charge in [0.25, 0.3) is 11.7 Å². The quantitative estimate of drug-likeness (QED) is 0.190. The fraction of sp³-hybridized carbons (Fsp3) is 0.312. The molecule has 3 aromatic carbocycles. The van der Waals surface area contributed by atoms with Crippen LogP contribution in [0, 0.1) is 0 Å². The van der Waals surface area contributed by atoms with Crippen LogP contribution in [0.2, 0.25) is 5.02 Å². The van der Waals surface area contributed by atoms with Gasteiger partial charge < -0.3 is 9.64 Å². The number of carbonyl (C=O) groups is 2. The number of hydrogen-bond donors (Lipinski definition) is 0. The number of fused-ring (bicyclic) bond motifs is 1. The summed E-state index contributed by atoms with van der Waals surface area (Å²) in [4.78, 5) is 28.2. The first-order chi connectivity index (χ1) is 19.7. The lowest BCUT2D eigenvalue weighted by Gasteiger charge is -2.35. The molecule has 9 heteroatoms. The van der Waals surface area contributed by atoms with Crippen molar-refractivity contribution < 1.29 is 27.5 Å². The lowest BCUT2D eigenvalue weighted by molar-refractivity contribution is -0.0885. The van der Waals surface area contributed by atoms with Gasteiger partial charge in [0.2, 0.25) is 0 Å². The summed E-state index contributed by atoms with van der Waals surface area (Å²) >= 11 is 8.12. The van der Waals surface area contributed by atoms with E-state index in [1.54, 1.807) is 0 Å². The van der Waals surface area contributed by atoms with Gasteiger partial charge in [-0.1, -0.05) is 79.4 Å². The first-order valence-corrected chi connectivity index (χ1v) is 14.8. The Hall–Kier alpha value is -3.36. The third kappa shape index (κ3) is 6.28. The highest BCUT2D eigenvalue weighted by atomic mass is 35.5. The summed E-state index contributed by atoms with van der Waals surface area (Å²) in [5.74, 6) is -1.36. The summed E-state index contributed by atoms with van der Waals surface area (Å²) < 4.78 is 45.5. The van der Waals surface area contributed by atoms with Gasteiger partial charge in [0.15, 0.2) is 0 Å². The summed E-state index contributed by atoms with van der Waals surface area (Å²) in [6, 6.07) is 18.7. The van der Waals surface area contributed by atoms with Crippen LogP contribution < -0.4 is 4.74 Å². The molecule has 4 aromatic rings. The van der Waals surface area contributed by atoms with E-state index in [0.717, 1.165) is 53.3 Å². The van der Waals surface area contributed by atoms with E-state index in [4.69, 9.17) is 16.3 Å². The van der Waals surface area contributed by atoms with Gasteiger partial charge in [0, 0.05) is 33.8 Å². The van der Waals surface area contributed by atoms with Gasteiger partial charge in [0.1, 0.15) is 10.6 Å². The molecule has 0 radical (unpaired) electrons. The highest BCUT2D eigenvalue weighted by Crippen LogP contribution is 2.38. The Morgan fingerprint density at radius 1 is 0.976 bits per heavy atom. The van der Waals surface area contributed by atoms with Crippen LogP contribution in [0.25, 0.3) is 21.2 Å². The first-order valence-electron chi connectivity index (χ1n) is 13.6. The lowest BCUT2D eigenvalue weighted by Crippen LogP contribution is -2.40. The summed E-state index contributed by atoms with van der Waals surface area (Å²) in [6.07, 6.45) is 0.0695. The SMILES string of the molecule is CCOc1ccc(-c2ccc(C(=O)C(F)(F)F)cc2)cc1CN(C(=O)c1sc2ccccc2c1Cl)C1CCCCC1. The van der Waals surface area contributed by atoms with Crippen LogP contribution in [-0.4, -0.2) is 35.4 Å². The molecule has 0 spiro atoms. The monoisotopic (exact) mass is 599 g/mol. The fourth-order valence-corrected chi connectivity index (χ4v) is 6.85. The molecule has 0 aliphatic heterocycles. The van der Waals surface area contributed by atoms with Crippen LogP contribution in [0.1, 0.15) is 64.6 Å². The van der Waals surface area contributed by atoms with Crippen molar-refractivity contribution >= 4 is 44.7 Å². The predicted octanol–water partition coefficient (Wildman–Crippen LogP) is 9.34. The average molecular weight is 600 g/mol. The third-order valence-electron chi connectivity index (χ3n) is 7.44. The van der Waals surface area contributed by atoms with Crippen molar-refractivity contribution in [1.29, 1.82) is 0 Å². The van der Waals surface area contributed by atoms with Crippen LogP contribution in [0.15, 0.2) is 66.7 Å². The van der Waals surface area contributed by atoms with Crippen molar-refractivity contribution in [2.75, 3.05) is 6.61 Å². The van der Waals surface area contributed by atoms with Crippen molar-refractivity contribution in [3.63, 3.8) is 0 Å². The summed E-state index contributed by atoms with van der Waals surface area (Å²) in [5, 5.41) is 1.32. The second kappa shape index (κ2) is 12.2. The van der Waals surface area contributed by atoms with E-state index in [2.05, 4.69) is 0 Å². The number of ether oxygens (including phenoxy) is 1. The molecule has 1 aliphatic carbocycles. The number of thiophene rings is 1. The Labute approximate surface area is 245 Å². The van der Waals surface area contributed by atoms with Crippen LogP contribution in [0.4, 0.5) is 13.2 Å². The average Bonchev–Trinajstić information content (AvgIpc) is 3.32. The number of alkyl halides is 3. The molecule has 0 atom stereocenters. The van der Waals surface area contributed by atoms with E-state index >= 15 is 0 Å². The zero-order valence-corrected chi connectivity index (χ0v) is 24.0. The third-order valence-corrected chi connectivity index (χ3v) is 9.11. The molecule has 1 saturated carbocycles. The molecule has 5 rings (SSSR count). The molecule has 1 heterocycles. The fourth-order valence-electron chi connectivity index (χ4n) is 5.38. The van der Waals surface area contributed by atoms with Gasteiger partial charge in [0.05, 0.1) is 11.6 Å². The second-order valence-electron chi connectivity index (χ2n) is 10.1. The van der Waals surface area contributed by atoms with E-state index in [0.29, 0.717) is 34.4 Å². The maximum Gasteiger partial charge on any atom is 0.454 e. The van der Waals surface area contributed by atoms with Crippen molar-refractivity contribution in [3.8, 4) is 16.9 Å². The van der Waals surface area contributed by atoms with Gasteiger partial charge in [-0.15, -0.1) is 11.3 Å². The van der Waals surface area contributed by atoms with Crippen LogP contribution in [0.5, 0.6) is 5.75 Å². The maximum atomic E-state index is 14.1. The zero-order chi connectivity index (χ0) is 29.1. The minimum Gasteiger partial charge on any atom is -0.494 e. The van der Waals surface area contributed by atoms with E-state index in [1.165, 1.54) is 35.6 Å². The van der Waals surface area contributed by atoms with Crippen molar-refractivity contribution in [3.05, 3.63) is 87.8 Å². The smallest absolute Gasteiger partial charge is 0.454 e. The molecular formula is C32H29ClF3NO3S. The number of benzene rings is 3. The molecule has 1 fully saturated rings. The maximum absolute atomic E-state index is 14.1. The van der Waals surface area contributed by atoms with Gasteiger partial charge in [-0.25, -0.2) is 0 Å². The number of hydrogen-bond acceptors (Lipinski definition) is 4. The Kier molecular flexibility index (Phi) is 8.71. The minimum absolute atomic E-state index is 0.0447. The van der Waals surface area contributed by atoms with Crippen LogP contribution in [0.3, 0.4) is 0 Å². The lowest BCUT2D eigenvalue weighted by atomic mass is 9.93. The van der Waals surface area contributed by atoms with Crippen LogP contribution >= 0.6 is 22.9 Å². The highest BCUT2D eigenvalue weighted by Gasteiger charge is 2.39. The molecule has 214 valence electrons. The normalized spacial score (nSPS) is 14.3. The Morgan fingerprint density at radius 2 is 1.66 bits per heavy atom. The molecular weight excluding hydrogens is 571 g/mol. The topological polar surface area (TPSA) is 46.6 Å². The molecule has 41 heavy (non-hydrogen) atoms. The van der Waals surface area contributed by atoms with Gasteiger partial charge in [-0.3, -0.25) is 9.59 Å². The Bertz CT molecular complexity index is 1560. The van der Waals surface area contributed by atoms with Gasteiger partial charge >= 0.3 is 6.18 Å². The van der Waals surface area contributed by atoms with Gasteiger partial charge in [-0.2, -0.15) is 13.2 Å². The molecule has 0 unspecified atom stereocenters. The molecule has 1 aliphatic rings. The van der Waals surface area contributed by atoms with E-state index in [-0.39, 0.29) is 11.9 Å². The molecule has 1 aromatic heterocycles. The van der Waals surface area contributed by atoms with Crippen molar-refractivity contribution in [2.45, 2.75) is 57.8 Å². The number of Topliss-reactive ketones (excluding diaryl/α,β-unsaturated/α-hetero) is 1. The van der Waals surface area contributed by atoms with Gasteiger partial charge in [-0.05, 0) is 49.1 Å². The summed E-state index contributed by atoms with van der Waals surface area (Å²) in [6.45, 7) is 2.61. The summed E-state index contributed by atoms with van der Waals surface area (Å²) in [7, 11) is 0. The number of halogens is 4. The number of rotatable bonds is 8. The number of carbonyl (C=O) groups excluding carboxylic acids is 2. The standard InChI is InChI=1S/C32H29ClF3NO3S/c1-2-40-26-17-16-22(20-12-14-21(15-13-20)30(38)32(34,35)36)18-23(26)19-37(24-8-4-3-5-9-24)31(39)29-28(33)25-10-6-7-11-27(25)41-29/h6-7,10-18,24H,2-5,8-9,19H2,1H3. The molecule has 4 nitrogen and oxygen atoms in total. The largest absolute Gasteiger partial charge is 0.494 e. The second-order valence-corrected chi connectivity index (χ2v) is 11.6. The number of ketones is 1. The highest BCUT2D eigenvalue weighted by molar-refractivity contribution is 7.21. The molecule has 1 amide bonds. The summed E-state index contributed by atoms with van der Waals surface area (Å²) in [5.41, 5.74) is 1.76. The Morgan fingerprint density at radius 3 is 2.32 bits per heavy atom. The van der Waals surface area contributed by atoms with Crippen molar-refractivity contribution in [1.82, 2.24) is 4.90 Å². The molecule has 0 N–H and O–H groups in total. The molecule has 0 bridgehead atoms.